The monoisotopic (exact) mass is 268 g/mol. The van der Waals surface area contributed by atoms with E-state index in [2.05, 4.69) is 16.6 Å². The van der Waals surface area contributed by atoms with Crippen molar-refractivity contribution in [3.05, 3.63) is 0 Å². The standard InChI is InChI=1S/C14H24N2O3/c1-7-14(5,6)16-12(19)15-9-10(11(17)18)8-13(2,3)4/h1,10H,8-9H2,2-6H3,(H,17,18)(H2,15,16,19). The van der Waals surface area contributed by atoms with Gasteiger partial charge in [-0.1, -0.05) is 26.7 Å². The predicted molar refractivity (Wildman–Crippen MR) is 74.6 cm³/mol. The van der Waals surface area contributed by atoms with E-state index in [-0.39, 0.29) is 12.0 Å². The van der Waals surface area contributed by atoms with Crippen molar-refractivity contribution < 1.29 is 14.7 Å². The number of terminal acetylenes is 1. The van der Waals surface area contributed by atoms with Crippen molar-refractivity contribution in [3.8, 4) is 12.3 Å². The molecule has 5 heteroatoms. The van der Waals surface area contributed by atoms with Gasteiger partial charge in [0.05, 0.1) is 11.5 Å². The molecule has 0 bridgehead atoms. The van der Waals surface area contributed by atoms with Crippen LogP contribution in [0.1, 0.15) is 41.0 Å². The molecule has 19 heavy (non-hydrogen) atoms. The van der Waals surface area contributed by atoms with Gasteiger partial charge in [-0.2, -0.15) is 0 Å². The lowest BCUT2D eigenvalue weighted by Gasteiger charge is -2.24. The van der Waals surface area contributed by atoms with Crippen molar-refractivity contribution >= 4 is 12.0 Å². The van der Waals surface area contributed by atoms with Crippen LogP contribution < -0.4 is 10.6 Å². The molecule has 0 aromatic rings. The summed E-state index contributed by atoms with van der Waals surface area (Å²) in [4.78, 5) is 22.7. The average Bonchev–Trinajstić information content (AvgIpc) is 2.21. The summed E-state index contributed by atoms with van der Waals surface area (Å²) in [6.45, 7) is 9.35. The highest BCUT2D eigenvalue weighted by atomic mass is 16.4. The molecule has 0 saturated carbocycles. The lowest BCUT2D eigenvalue weighted by atomic mass is 9.84. The molecule has 0 radical (unpaired) electrons. The minimum absolute atomic E-state index is 0.0824. The summed E-state index contributed by atoms with van der Waals surface area (Å²) < 4.78 is 0. The smallest absolute Gasteiger partial charge is 0.315 e. The maximum atomic E-state index is 11.6. The quantitative estimate of drug-likeness (QED) is 0.666. The zero-order valence-electron chi connectivity index (χ0n) is 12.3. The van der Waals surface area contributed by atoms with E-state index in [0.29, 0.717) is 6.42 Å². The number of rotatable bonds is 5. The van der Waals surface area contributed by atoms with Crippen LogP contribution in [0.15, 0.2) is 0 Å². The molecule has 0 heterocycles. The van der Waals surface area contributed by atoms with E-state index >= 15 is 0 Å². The Kier molecular flexibility index (Phi) is 5.88. The third-order valence-electron chi connectivity index (χ3n) is 2.50. The molecular formula is C14H24N2O3. The normalized spacial score (nSPS) is 13.3. The summed E-state index contributed by atoms with van der Waals surface area (Å²) in [6.07, 6.45) is 5.74. The Hall–Kier alpha value is -1.70. The van der Waals surface area contributed by atoms with Gasteiger partial charge in [0, 0.05) is 6.54 Å². The maximum Gasteiger partial charge on any atom is 0.315 e. The van der Waals surface area contributed by atoms with Crippen molar-refractivity contribution in [3.63, 3.8) is 0 Å². The summed E-state index contributed by atoms with van der Waals surface area (Å²) in [7, 11) is 0. The molecule has 0 aliphatic rings. The van der Waals surface area contributed by atoms with Gasteiger partial charge in [-0.05, 0) is 25.7 Å². The number of hydrogen-bond acceptors (Lipinski definition) is 2. The highest BCUT2D eigenvalue weighted by molar-refractivity contribution is 5.76. The van der Waals surface area contributed by atoms with E-state index < -0.39 is 23.5 Å². The van der Waals surface area contributed by atoms with E-state index in [0.717, 1.165) is 0 Å². The molecule has 0 spiro atoms. The molecule has 0 aromatic carbocycles. The summed E-state index contributed by atoms with van der Waals surface area (Å²) in [5, 5.41) is 14.3. The fraction of sp³-hybridized carbons (Fsp3) is 0.714. The van der Waals surface area contributed by atoms with Gasteiger partial charge in [-0.15, -0.1) is 6.42 Å². The molecule has 1 atom stereocenters. The van der Waals surface area contributed by atoms with Crippen molar-refractivity contribution in [1.29, 1.82) is 0 Å². The van der Waals surface area contributed by atoms with Crippen LogP contribution in [-0.4, -0.2) is 29.2 Å². The zero-order chi connectivity index (χ0) is 15.3. The van der Waals surface area contributed by atoms with Gasteiger partial charge in [0.25, 0.3) is 0 Å². The largest absolute Gasteiger partial charge is 0.481 e. The summed E-state index contributed by atoms with van der Waals surface area (Å²) >= 11 is 0. The highest BCUT2D eigenvalue weighted by Gasteiger charge is 2.25. The van der Waals surface area contributed by atoms with Crippen molar-refractivity contribution in [2.75, 3.05) is 6.54 Å². The van der Waals surface area contributed by atoms with E-state index in [9.17, 15) is 9.59 Å². The third kappa shape index (κ3) is 8.09. The summed E-state index contributed by atoms with van der Waals surface area (Å²) in [6, 6.07) is -0.455. The van der Waals surface area contributed by atoms with Crippen LogP contribution in [0.25, 0.3) is 0 Å². The van der Waals surface area contributed by atoms with Crippen LogP contribution in [0.2, 0.25) is 0 Å². The fourth-order valence-electron chi connectivity index (χ4n) is 1.57. The van der Waals surface area contributed by atoms with E-state index in [1.165, 1.54) is 0 Å². The first kappa shape index (κ1) is 17.3. The second-order valence-corrected chi connectivity index (χ2v) is 6.40. The number of urea groups is 1. The predicted octanol–water partition coefficient (Wildman–Crippen LogP) is 1.83. The number of nitrogens with one attached hydrogen (secondary N) is 2. The van der Waals surface area contributed by atoms with E-state index in [1.807, 2.05) is 20.8 Å². The fourth-order valence-corrected chi connectivity index (χ4v) is 1.57. The number of amides is 2. The van der Waals surface area contributed by atoms with Crippen molar-refractivity contribution in [2.45, 2.75) is 46.6 Å². The first-order valence-electron chi connectivity index (χ1n) is 6.23. The van der Waals surface area contributed by atoms with Gasteiger partial charge < -0.3 is 15.7 Å². The number of hydrogen-bond donors (Lipinski definition) is 3. The van der Waals surface area contributed by atoms with Crippen LogP contribution >= 0.6 is 0 Å². The second-order valence-electron chi connectivity index (χ2n) is 6.40. The SMILES string of the molecule is C#CC(C)(C)NC(=O)NCC(CC(C)(C)C)C(=O)O. The molecule has 2 amide bonds. The molecular weight excluding hydrogens is 244 g/mol. The molecule has 0 aliphatic heterocycles. The zero-order valence-corrected chi connectivity index (χ0v) is 12.3. The summed E-state index contributed by atoms with van der Waals surface area (Å²) in [5.41, 5.74) is -0.869. The molecule has 108 valence electrons. The minimum Gasteiger partial charge on any atom is -0.481 e. The van der Waals surface area contributed by atoms with Crippen LogP contribution in [0.5, 0.6) is 0 Å². The molecule has 0 saturated heterocycles. The third-order valence-corrected chi connectivity index (χ3v) is 2.50. The van der Waals surface area contributed by atoms with Crippen LogP contribution in [-0.2, 0) is 4.79 Å². The molecule has 5 nitrogen and oxygen atoms in total. The van der Waals surface area contributed by atoms with Crippen molar-refractivity contribution in [2.24, 2.45) is 11.3 Å². The number of carboxylic acid groups (broad SMARTS) is 1. The first-order valence-corrected chi connectivity index (χ1v) is 6.23. The minimum atomic E-state index is -0.911. The molecule has 0 fully saturated rings. The Labute approximate surface area is 115 Å². The molecule has 3 N–H and O–H groups in total. The number of carboxylic acids is 1. The van der Waals surface area contributed by atoms with Gasteiger partial charge >= 0.3 is 12.0 Å². The van der Waals surface area contributed by atoms with Crippen LogP contribution in [0.4, 0.5) is 4.79 Å². The first-order chi connectivity index (χ1) is 8.47. The Bertz CT molecular complexity index is 375. The lowest BCUT2D eigenvalue weighted by Crippen LogP contribution is -2.49. The van der Waals surface area contributed by atoms with E-state index in [1.54, 1.807) is 13.8 Å². The van der Waals surface area contributed by atoms with Gasteiger partial charge in [0.2, 0.25) is 0 Å². The Morgan fingerprint density at radius 1 is 1.26 bits per heavy atom. The van der Waals surface area contributed by atoms with Crippen LogP contribution in [0, 0.1) is 23.7 Å². The topological polar surface area (TPSA) is 78.4 Å². The molecule has 0 aliphatic carbocycles. The van der Waals surface area contributed by atoms with Gasteiger partial charge in [0.1, 0.15) is 0 Å². The second kappa shape index (κ2) is 6.46. The maximum absolute atomic E-state index is 11.6. The molecule has 0 aromatic heterocycles. The Balaban J connectivity index is 4.39. The van der Waals surface area contributed by atoms with Crippen molar-refractivity contribution in [1.82, 2.24) is 10.6 Å². The molecule has 1 unspecified atom stereocenters. The molecule has 0 rings (SSSR count). The lowest BCUT2D eigenvalue weighted by molar-refractivity contribution is -0.142. The highest BCUT2D eigenvalue weighted by Crippen LogP contribution is 2.24. The van der Waals surface area contributed by atoms with Gasteiger partial charge in [0.15, 0.2) is 0 Å². The average molecular weight is 268 g/mol. The Morgan fingerprint density at radius 2 is 1.79 bits per heavy atom. The van der Waals surface area contributed by atoms with Crippen LogP contribution in [0.3, 0.4) is 0 Å². The Morgan fingerprint density at radius 3 is 2.16 bits per heavy atom. The number of carbonyl (C=O) groups excluding carboxylic acids is 1. The number of carbonyl (C=O) groups is 2. The van der Waals surface area contributed by atoms with Gasteiger partial charge in [-0.3, -0.25) is 4.79 Å². The number of aliphatic carboxylic acids is 1. The van der Waals surface area contributed by atoms with Gasteiger partial charge in [-0.25, -0.2) is 4.79 Å². The summed E-state index contributed by atoms with van der Waals surface area (Å²) in [5.74, 6) is 0.910. The van der Waals surface area contributed by atoms with E-state index in [4.69, 9.17) is 11.5 Å².